The molecule has 1 rings (SSSR count). The highest BCUT2D eigenvalue weighted by Crippen LogP contribution is 2.21. The monoisotopic (exact) mass is 253 g/mol. The molecule has 1 saturated heterocycles. The maximum absolute atomic E-state index is 12.1. The molecule has 1 aliphatic rings. The average molecular weight is 253 g/mol. The molecule has 1 amide bonds. The molecule has 0 aliphatic carbocycles. The van der Waals surface area contributed by atoms with Gasteiger partial charge < -0.3 is 10.1 Å². The van der Waals surface area contributed by atoms with E-state index in [9.17, 15) is 4.79 Å². The van der Waals surface area contributed by atoms with Gasteiger partial charge in [-0.15, -0.1) is 0 Å². The number of amides is 1. The first-order chi connectivity index (χ1) is 8.39. The van der Waals surface area contributed by atoms with Crippen LogP contribution >= 0.6 is 0 Å². The summed E-state index contributed by atoms with van der Waals surface area (Å²) in [6.45, 7) is 9.93. The van der Waals surface area contributed by atoms with Crippen LogP contribution in [0.3, 0.4) is 0 Å². The topological polar surface area (TPSA) is 53.9 Å². The molecule has 0 spiro atoms. The number of carbonyl (C=O) groups excluding carboxylic acids is 1. The Hall–Kier alpha value is -1.52. The third kappa shape index (κ3) is 3.75. The highest BCUT2D eigenvalue weighted by atomic mass is 16.6. The summed E-state index contributed by atoms with van der Waals surface area (Å²) in [6, 6.07) is -0.0390. The first-order valence-electron chi connectivity index (χ1n) is 6.23. The van der Waals surface area contributed by atoms with Crippen LogP contribution in [0.25, 0.3) is 0 Å². The fraction of sp³-hybridized carbons (Fsp3) is 0.692. The number of rotatable bonds is 2. The van der Waals surface area contributed by atoms with Crippen molar-refractivity contribution < 1.29 is 9.53 Å². The van der Waals surface area contributed by atoms with Crippen molar-refractivity contribution in [2.45, 2.75) is 45.3 Å². The lowest BCUT2D eigenvalue weighted by Crippen LogP contribution is -2.46. The van der Waals surface area contributed by atoms with Gasteiger partial charge in [0.1, 0.15) is 11.4 Å². The van der Waals surface area contributed by atoms with Gasteiger partial charge in [0.15, 0.2) is 0 Å². The molecule has 1 unspecified atom stereocenters. The van der Waals surface area contributed by atoms with Crippen molar-refractivity contribution in [1.82, 2.24) is 10.2 Å². The van der Waals surface area contributed by atoms with Gasteiger partial charge in [-0.2, -0.15) is 0 Å². The number of amidine groups is 1. The van der Waals surface area contributed by atoms with Gasteiger partial charge in [0.2, 0.25) is 0 Å². The summed E-state index contributed by atoms with van der Waals surface area (Å²) >= 11 is 0. The Morgan fingerprint density at radius 3 is 2.72 bits per heavy atom. The van der Waals surface area contributed by atoms with Crippen LogP contribution < -0.4 is 5.32 Å². The van der Waals surface area contributed by atoms with Gasteiger partial charge in [0.05, 0.1) is 6.04 Å². The van der Waals surface area contributed by atoms with Crippen LogP contribution in [-0.4, -0.2) is 42.1 Å². The summed E-state index contributed by atoms with van der Waals surface area (Å²) in [6.07, 6.45) is 3.15. The van der Waals surface area contributed by atoms with Gasteiger partial charge in [-0.3, -0.25) is 9.89 Å². The van der Waals surface area contributed by atoms with E-state index in [2.05, 4.69) is 16.9 Å². The van der Waals surface area contributed by atoms with E-state index in [1.807, 2.05) is 20.8 Å². The summed E-state index contributed by atoms with van der Waals surface area (Å²) in [5.74, 6) is 0.758. The molecule has 0 bridgehead atoms. The minimum atomic E-state index is -0.473. The molecule has 0 radical (unpaired) electrons. The Balaban J connectivity index is 2.75. The van der Waals surface area contributed by atoms with Gasteiger partial charge in [-0.05, 0) is 39.8 Å². The number of ether oxygens (including phenoxy) is 1. The molecule has 18 heavy (non-hydrogen) atoms. The molecular formula is C13H23N3O2. The van der Waals surface area contributed by atoms with Crippen molar-refractivity contribution in [3.05, 3.63) is 12.8 Å². The average Bonchev–Trinajstić information content (AvgIpc) is 2.72. The van der Waals surface area contributed by atoms with Gasteiger partial charge in [0.25, 0.3) is 0 Å². The molecule has 1 atom stereocenters. The Labute approximate surface area is 109 Å². The first-order valence-corrected chi connectivity index (χ1v) is 6.23. The summed E-state index contributed by atoms with van der Waals surface area (Å²) in [7, 11) is 1.71. The Kier molecular flexibility index (Phi) is 4.76. The molecule has 5 heteroatoms. The number of hydrogen-bond acceptors (Lipinski definition) is 3. The van der Waals surface area contributed by atoms with Crippen LogP contribution in [0.1, 0.15) is 33.6 Å². The molecule has 1 fully saturated rings. The molecule has 0 aromatic rings. The van der Waals surface area contributed by atoms with E-state index in [1.54, 1.807) is 18.1 Å². The summed E-state index contributed by atoms with van der Waals surface area (Å²) in [5, 5.41) is 2.99. The van der Waals surface area contributed by atoms with Crippen LogP contribution in [-0.2, 0) is 4.74 Å². The van der Waals surface area contributed by atoms with Crippen LogP contribution in [0, 0.1) is 0 Å². The molecule has 0 aromatic carbocycles. The maximum atomic E-state index is 12.1. The molecule has 5 nitrogen and oxygen atoms in total. The van der Waals surface area contributed by atoms with E-state index < -0.39 is 5.60 Å². The molecular weight excluding hydrogens is 230 g/mol. The second-order valence-corrected chi connectivity index (χ2v) is 5.29. The van der Waals surface area contributed by atoms with Crippen molar-refractivity contribution in [3.63, 3.8) is 0 Å². The minimum absolute atomic E-state index is 0.0390. The molecule has 102 valence electrons. The highest BCUT2D eigenvalue weighted by molar-refractivity contribution is 5.91. The lowest BCUT2D eigenvalue weighted by Gasteiger charge is -2.29. The standard InChI is InChI=1S/C13H23N3O2/c1-6-15-11(14-5)10-8-7-9-16(10)12(17)18-13(2,3)4/h6,10H,1,7-9H2,2-5H3,(H,14,15). The number of nitrogens with zero attached hydrogens (tertiary/aromatic N) is 2. The smallest absolute Gasteiger partial charge is 0.410 e. The van der Waals surface area contributed by atoms with Crippen molar-refractivity contribution in [3.8, 4) is 0 Å². The minimum Gasteiger partial charge on any atom is -0.444 e. The summed E-state index contributed by atoms with van der Waals surface area (Å²) < 4.78 is 5.40. The van der Waals surface area contributed by atoms with E-state index in [0.717, 1.165) is 18.7 Å². The van der Waals surface area contributed by atoms with Crippen molar-refractivity contribution in [2.75, 3.05) is 13.6 Å². The van der Waals surface area contributed by atoms with Gasteiger partial charge >= 0.3 is 6.09 Å². The van der Waals surface area contributed by atoms with Crippen molar-refractivity contribution >= 4 is 11.9 Å². The van der Waals surface area contributed by atoms with Crippen molar-refractivity contribution in [2.24, 2.45) is 4.99 Å². The van der Waals surface area contributed by atoms with E-state index in [4.69, 9.17) is 4.74 Å². The largest absolute Gasteiger partial charge is 0.444 e. The Bertz CT molecular complexity index is 345. The maximum Gasteiger partial charge on any atom is 0.410 e. The number of carbonyl (C=O) groups is 1. The molecule has 0 aromatic heterocycles. The fourth-order valence-electron chi connectivity index (χ4n) is 2.00. The van der Waals surface area contributed by atoms with Gasteiger partial charge in [0, 0.05) is 13.6 Å². The Morgan fingerprint density at radius 1 is 1.56 bits per heavy atom. The van der Waals surface area contributed by atoms with Crippen LogP contribution in [0.4, 0.5) is 4.79 Å². The van der Waals surface area contributed by atoms with Gasteiger partial charge in [-0.25, -0.2) is 4.79 Å². The second kappa shape index (κ2) is 5.89. The molecule has 1 N–H and O–H groups in total. The number of likely N-dealkylation sites (tertiary alicyclic amines) is 1. The molecule has 1 heterocycles. The SMILES string of the molecule is C=CNC(=NC)C1CCCN1C(=O)OC(C)(C)C. The van der Waals surface area contributed by atoms with Crippen LogP contribution in [0.5, 0.6) is 0 Å². The first kappa shape index (κ1) is 14.5. The van der Waals surface area contributed by atoms with Crippen LogP contribution in [0.15, 0.2) is 17.8 Å². The van der Waals surface area contributed by atoms with Crippen molar-refractivity contribution in [1.29, 1.82) is 0 Å². The zero-order valence-corrected chi connectivity index (χ0v) is 11.7. The number of nitrogens with one attached hydrogen (secondary N) is 1. The zero-order valence-electron chi connectivity index (χ0n) is 11.7. The predicted octanol–water partition coefficient (Wildman–Crippen LogP) is 2.15. The second-order valence-electron chi connectivity index (χ2n) is 5.29. The lowest BCUT2D eigenvalue weighted by atomic mass is 10.2. The van der Waals surface area contributed by atoms with E-state index in [0.29, 0.717) is 6.54 Å². The fourth-order valence-corrected chi connectivity index (χ4v) is 2.00. The summed E-state index contributed by atoms with van der Waals surface area (Å²) in [4.78, 5) is 18.0. The zero-order chi connectivity index (χ0) is 13.8. The third-order valence-corrected chi connectivity index (χ3v) is 2.69. The highest BCUT2D eigenvalue weighted by Gasteiger charge is 2.34. The molecule has 0 saturated carbocycles. The van der Waals surface area contributed by atoms with Gasteiger partial charge in [-0.1, -0.05) is 6.58 Å². The number of hydrogen-bond donors (Lipinski definition) is 1. The lowest BCUT2D eigenvalue weighted by molar-refractivity contribution is 0.0264. The normalized spacial score (nSPS) is 20.8. The Morgan fingerprint density at radius 2 is 2.22 bits per heavy atom. The third-order valence-electron chi connectivity index (χ3n) is 2.69. The quantitative estimate of drug-likeness (QED) is 0.606. The molecule has 1 aliphatic heterocycles. The van der Waals surface area contributed by atoms with E-state index >= 15 is 0 Å². The van der Waals surface area contributed by atoms with E-state index in [-0.39, 0.29) is 12.1 Å². The predicted molar refractivity (Wildman–Crippen MR) is 72.7 cm³/mol. The van der Waals surface area contributed by atoms with E-state index in [1.165, 1.54) is 0 Å². The number of aliphatic imine (C=N–C) groups is 1. The summed E-state index contributed by atoms with van der Waals surface area (Å²) in [5.41, 5.74) is -0.473. The van der Waals surface area contributed by atoms with Crippen LogP contribution in [0.2, 0.25) is 0 Å².